The van der Waals surface area contributed by atoms with Gasteiger partial charge in [0.1, 0.15) is 6.10 Å². The minimum Gasteiger partial charge on any atom is -0.460 e. The fraction of sp³-hybridized carbons (Fsp3) is 0.857. The summed E-state index contributed by atoms with van der Waals surface area (Å²) in [4.78, 5) is 10.8. The van der Waals surface area contributed by atoms with Crippen molar-refractivity contribution in [1.82, 2.24) is 0 Å². The molecule has 62 valence electrons. The van der Waals surface area contributed by atoms with Crippen LogP contribution in [0.3, 0.4) is 0 Å². The monoisotopic (exact) mass is 158 g/mol. The number of rotatable bonds is 0. The largest absolute Gasteiger partial charge is 0.460 e. The highest BCUT2D eigenvalue weighted by molar-refractivity contribution is 5.72. The average Bonchev–Trinajstić information content (AvgIpc) is 2.27. The Morgan fingerprint density at radius 3 is 3.18 bits per heavy atom. The Bertz CT molecular complexity index is 179. The predicted molar refractivity (Wildman–Crippen MR) is 34.6 cm³/mol. The fourth-order valence-corrected chi connectivity index (χ4v) is 1.60. The molecular weight excluding hydrogens is 148 g/mol. The lowest BCUT2D eigenvalue weighted by molar-refractivity contribution is -0.174. The third kappa shape index (κ3) is 1.23. The zero-order chi connectivity index (χ0) is 7.84. The summed E-state index contributed by atoms with van der Waals surface area (Å²) in [7, 11) is 0. The lowest BCUT2D eigenvalue weighted by atomic mass is 9.96. The Morgan fingerprint density at radius 2 is 2.36 bits per heavy atom. The van der Waals surface area contributed by atoms with Crippen LogP contribution in [0.1, 0.15) is 12.8 Å². The molecule has 0 aromatic heterocycles. The van der Waals surface area contributed by atoms with Crippen molar-refractivity contribution in [2.45, 2.75) is 25.2 Å². The zero-order valence-corrected chi connectivity index (χ0v) is 6.03. The lowest BCUT2D eigenvalue weighted by Gasteiger charge is -2.26. The van der Waals surface area contributed by atoms with Crippen molar-refractivity contribution in [3.63, 3.8) is 0 Å². The molecule has 0 amide bonds. The molecule has 0 aromatic carbocycles. The van der Waals surface area contributed by atoms with Crippen LogP contribution in [0.5, 0.6) is 0 Å². The van der Waals surface area contributed by atoms with E-state index >= 15 is 0 Å². The van der Waals surface area contributed by atoms with E-state index in [4.69, 9.17) is 14.6 Å². The van der Waals surface area contributed by atoms with Crippen molar-refractivity contribution in [1.29, 1.82) is 0 Å². The molecule has 0 aromatic rings. The third-order valence-electron chi connectivity index (χ3n) is 2.19. The number of carbonyl (C=O) groups excluding carboxylic acids is 1. The van der Waals surface area contributed by atoms with Gasteiger partial charge in [-0.15, -0.1) is 0 Å². The van der Waals surface area contributed by atoms with Crippen LogP contribution in [0.4, 0.5) is 0 Å². The molecule has 3 unspecified atom stereocenters. The quantitative estimate of drug-likeness (QED) is 0.490. The molecule has 2 aliphatic rings. The van der Waals surface area contributed by atoms with Crippen LogP contribution in [0.15, 0.2) is 0 Å². The van der Waals surface area contributed by atoms with Crippen molar-refractivity contribution in [3.05, 3.63) is 0 Å². The van der Waals surface area contributed by atoms with Gasteiger partial charge < -0.3 is 14.6 Å². The summed E-state index contributed by atoms with van der Waals surface area (Å²) in [6.07, 6.45) is 0.151. The first-order chi connectivity index (χ1) is 5.25. The summed E-state index contributed by atoms with van der Waals surface area (Å²) in [6.45, 7) is 0.345. The molecule has 2 saturated heterocycles. The Labute approximate surface area is 64.1 Å². The molecule has 3 atom stereocenters. The van der Waals surface area contributed by atoms with Gasteiger partial charge in [-0.2, -0.15) is 0 Å². The molecular formula is C7H10O4. The summed E-state index contributed by atoms with van der Waals surface area (Å²) >= 11 is 0. The number of hydrogen-bond donors (Lipinski definition) is 1. The molecule has 11 heavy (non-hydrogen) atoms. The Hall–Kier alpha value is -0.610. The van der Waals surface area contributed by atoms with Gasteiger partial charge in [0.25, 0.3) is 0 Å². The Kier molecular flexibility index (Phi) is 1.58. The number of ether oxygens (including phenoxy) is 2. The van der Waals surface area contributed by atoms with Crippen molar-refractivity contribution < 1.29 is 19.4 Å². The number of fused-ring (bicyclic) bond motifs is 1. The van der Waals surface area contributed by atoms with Gasteiger partial charge in [0.2, 0.25) is 0 Å². The van der Waals surface area contributed by atoms with Gasteiger partial charge in [0.15, 0.2) is 6.29 Å². The van der Waals surface area contributed by atoms with Gasteiger partial charge >= 0.3 is 5.97 Å². The zero-order valence-electron chi connectivity index (χ0n) is 6.03. The van der Waals surface area contributed by atoms with E-state index in [0.29, 0.717) is 19.4 Å². The van der Waals surface area contributed by atoms with Gasteiger partial charge in [-0.25, -0.2) is 0 Å². The second-order valence-corrected chi connectivity index (χ2v) is 3.02. The summed E-state index contributed by atoms with van der Waals surface area (Å²) in [5, 5.41) is 9.05. The lowest BCUT2D eigenvalue weighted by Crippen LogP contribution is -2.34. The fourth-order valence-electron chi connectivity index (χ4n) is 1.60. The Balaban J connectivity index is 2.02. The van der Waals surface area contributed by atoms with Crippen LogP contribution in [-0.4, -0.2) is 30.1 Å². The van der Waals surface area contributed by atoms with Gasteiger partial charge in [0, 0.05) is 12.3 Å². The second kappa shape index (κ2) is 2.46. The van der Waals surface area contributed by atoms with E-state index in [0.717, 1.165) is 0 Å². The molecule has 4 nitrogen and oxygen atoms in total. The van der Waals surface area contributed by atoms with Crippen LogP contribution >= 0.6 is 0 Å². The molecule has 0 radical (unpaired) electrons. The molecule has 2 rings (SSSR count). The highest BCUT2D eigenvalue weighted by Gasteiger charge is 2.39. The first-order valence-electron chi connectivity index (χ1n) is 3.75. The number of hydrogen-bond acceptors (Lipinski definition) is 4. The minimum absolute atomic E-state index is 0.106. The number of aliphatic hydroxyl groups is 1. The van der Waals surface area contributed by atoms with Crippen molar-refractivity contribution >= 4 is 5.97 Å². The average molecular weight is 158 g/mol. The molecule has 1 N–H and O–H groups in total. The summed E-state index contributed by atoms with van der Waals surface area (Å²) in [5.41, 5.74) is 0. The smallest absolute Gasteiger partial charge is 0.306 e. The molecule has 0 saturated carbocycles. The van der Waals surface area contributed by atoms with Gasteiger partial charge in [-0.3, -0.25) is 4.79 Å². The molecule has 0 spiro atoms. The predicted octanol–water partition coefficient (Wildman–Crippen LogP) is -0.343. The van der Waals surface area contributed by atoms with E-state index in [2.05, 4.69) is 0 Å². The van der Waals surface area contributed by atoms with E-state index < -0.39 is 6.29 Å². The number of carbonyl (C=O) groups is 1. The third-order valence-corrected chi connectivity index (χ3v) is 2.19. The van der Waals surface area contributed by atoms with E-state index in [1.54, 1.807) is 0 Å². The van der Waals surface area contributed by atoms with E-state index in [-0.39, 0.29) is 18.0 Å². The van der Waals surface area contributed by atoms with Crippen LogP contribution in [0.25, 0.3) is 0 Å². The number of esters is 1. The second-order valence-electron chi connectivity index (χ2n) is 3.02. The van der Waals surface area contributed by atoms with E-state index in [1.165, 1.54) is 0 Å². The standard InChI is InChI=1S/C7H10O4/c8-6-1-4-2-7(9)11-5(4)3-10-6/h4-6,8H,1-3H2. The van der Waals surface area contributed by atoms with E-state index in [1.807, 2.05) is 0 Å². The maximum absolute atomic E-state index is 10.8. The highest BCUT2D eigenvalue weighted by atomic mass is 16.6. The van der Waals surface area contributed by atoms with Crippen molar-refractivity contribution in [2.75, 3.05) is 6.61 Å². The normalized spacial score (nSPS) is 43.4. The maximum atomic E-state index is 10.8. The van der Waals surface area contributed by atoms with E-state index in [9.17, 15) is 4.79 Å². The van der Waals surface area contributed by atoms with Crippen LogP contribution in [-0.2, 0) is 14.3 Å². The molecule has 0 aliphatic carbocycles. The molecule has 2 heterocycles. The van der Waals surface area contributed by atoms with Gasteiger partial charge in [-0.1, -0.05) is 0 Å². The van der Waals surface area contributed by atoms with Crippen molar-refractivity contribution in [3.8, 4) is 0 Å². The van der Waals surface area contributed by atoms with Crippen LogP contribution < -0.4 is 0 Å². The van der Waals surface area contributed by atoms with Gasteiger partial charge in [0.05, 0.1) is 13.0 Å². The topological polar surface area (TPSA) is 55.8 Å². The first kappa shape index (κ1) is 7.06. The first-order valence-corrected chi connectivity index (χ1v) is 3.75. The number of aliphatic hydroxyl groups excluding tert-OH is 1. The molecule has 2 aliphatic heterocycles. The minimum atomic E-state index is -0.703. The SMILES string of the molecule is O=C1CC2CC(O)OCC2O1. The van der Waals surface area contributed by atoms with Crippen molar-refractivity contribution in [2.24, 2.45) is 5.92 Å². The highest BCUT2D eigenvalue weighted by Crippen LogP contribution is 2.30. The molecule has 0 bridgehead atoms. The summed E-state index contributed by atoms with van der Waals surface area (Å²) in [5.74, 6) is 0.00366. The molecule has 4 heteroatoms. The summed E-state index contributed by atoms with van der Waals surface area (Å²) in [6, 6.07) is 0. The van der Waals surface area contributed by atoms with Crippen LogP contribution in [0.2, 0.25) is 0 Å². The Morgan fingerprint density at radius 1 is 1.55 bits per heavy atom. The maximum Gasteiger partial charge on any atom is 0.306 e. The molecule has 2 fully saturated rings. The van der Waals surface area contributed by atoms with Gasteiger partial charge in [-0.05, 0) is 0 Å². The van der Waals surface area contributed by atoms with Crippen LogP contribution in [0, 0.1) is 5.92 Å². The summed E-state index contributed by atoms with van der Waals surface area (Å²) < 4.78 is 9.86.